The standard InChI is InChI=1S/C24H17NO2/c26-23(18-5-2-1-3-6-18)25-24(27)20-14-12-17-10-9-15-7-4-8-16-11-13-19(20)22(17)21(15)16/h1-14,23,26H,(H,25,27). The number of nitrogens with one attached hydrogen (secondary N) is 1. The Morgan fingerprint density at radius 3 is 2.07 bits per heavy atom. The van der Waals surface area contributed by atoms with Crippen LogP contribution in [0.5, 0.6) is 0 Å². The second-order valence-electron chi connectivity index (χ2n) is 6.76. The molecule has 5 rings (SSSR count). The average Bonchev–Trinajstić information content (AvgIpc) is 2.72. The Balaban J connectivity index is 1.64. The lowest BCUT2D eigenvalue weighted by Crippen LogP contribution is -2.28. The van der Waals surface area contributed by atoms with Crippen molar-refractivity contribution in [1.29, 1.82) is 0 Å². The van der Waals surface area contributed by atoms with Crippen LogP contribution in [0.2, 0.25) is 0 Å². The second-order valence-corrected chi connectivity index (χ2v) is 6.76. The second kappa shape index (κ2) is 6.08. The minimum Gasteiger partial charge on any atom is -0.369 e. The molecule has 3 nitrogen and oxygen atoms in total. The van der Waals surface area contributed by atoms with Gasteiger partial charge in [0.1, 0.15) is 0 Å². The van der Waals surface area contributed by atoms with E-state index in [1.807, 2.05) is 42.5 Å². The van der Waals surface area contributed by atoms with Gasteiger partial charge in [0, 0.05) is 11.1 Å². The summed E-state index contributed by atoms with van der Waals surface area (Å²) < 4.78 is 0. The topological polar surface area (TPSA) is 49.3 Å². The summed E-state index contributed by atoms with van der Waals surface area (Å²) >= 11 is 0. The Morgan fingerprint density at radius 2 is 1.33 bits per heavy atom. The number of aliphatic hydroxyl groups is 1. The fraction of sp³-hybridized carbons (Fsp3) is 0.0417. The number of rotatable bonds is 3. The number of carbonyl (C=O) groups excluding carboxylic acids is 1. The zero-order chi connectivity index (χ0) is 18.4. The lowest BCUT2D eigenvalue weighted by atomic mass is 9.92. The Morgan fingerprint density at radius 1 is 0.704 bits per heavy atom. The van der Waals surface area contributed by atoms with Crippen molar-refractivity contribution in [3.05, 3.63) is 96.1 Å². The number of aliphatic hydroxyl groups excluding tert-OH is 1. The first-order valence-corrected chi connectivity index (χ1v) is 8.93. The van der Waals surface area contributed by atoms with E-state index in [4.69, 9.17) is 0 Å². The van der Waals surface area contributed by atoms with Crippen molar-refractivity contribution in [2.75, 3.05) is 0 Å². The molecule has 0 aliphatic carbocycles. The fourth-order valence-electron chi connectivity index (χ4n) is 3.85. The average molecular weight is 351 g/mol. The van der Waals surface area contributed by atoms with Crippen molar-refractivity contribution in [3.8, 4) is 0 Å². The van der Waals surface area contributed by atoms with Gasteiger partial charge in [-0.3, -0.25) is 4.79 Å². The van der Waals surface area contributed by atoms with Gasteiger partial charge in [0.05, 0.1) is 0 Å². The van der Waals surface area contributed by atoms with E-state index in [1.54, 1.807) is 12.1 Å². The molecule has 0 saturated heterocycles. The summed E-state index contributed by atoms with van der Waals surface area (Å²) in [7, 11) is 0. The van der Waals surface area contributed by atoms with Gasteiger partial charge in [0.15, 0.2) is 6.23 Å². The molecular weight excluding hydrogens is 334 g/mol. The maximum Gasteiger partial charge on any atom is 0.254 e. The molecule has 0 aliphatic rings. The molecule has 0 aliphatic heterocycles. The summed E-state index contributed by atoms with van der Waals surface area (Å²) in [6.45, 7) is 0. The van der Waals surface area contributed by atoms with E-state index in [-0.39, 0.29) is 5.91 Å². The van der Waals surface area contributed by atoms with E-state index < -0.39 is 6.23 Å². The molecule has 0 heterocycles. The van der Waals surface area contributed by atoms with E-state index in [0.29, 0.717) is 11.1 Å². The lowest BCUT2D eigenvalue weighted by molar-refractivity contribution is 0.0785. The minimum absolute atomic E-state index is 0.288. The van der Waals surface area contributed by atoms with Gasteiger partial charge < -0.3 is 10.4 Å². The molecule has 0 radical (unpaired) electrons. The van der Waals surface area contributed by atoms with Gasteiger partial charge in [-0.2, -0.15) is 0 Å². The van der Waals surface area contributed by atoms with Gasteiger partial charge in [-0.25, -0.2) is 0 Å². The highest BCUT2D eigenvalue weighted by atomic mass is 16.3. The van der Waals surface area contributed by atoms with Gasteiger partial charge in [-0.05, 0) is 38.4 Å². The summed E-state index contributed by atoms with van der Waals surface area (Å²) in [6, 6.07) is 27.4. The van der Waals surface area contributed by atoms with Crippen molar-refractivity contribution in [2.45, 2.75) is 6.23 Å². The van der Waals surface area contributed by atoms with Gasteiger partial charge in [-0.15, -0.1) is 0 Å². The van der Waals surface area contributed by atoms with Crippen LogP contribution in [0.3, 0.4) is 0 Å². The van der Waals surface area contributed by atoms with Gasteiger partial charge in [-0.1, -0.05) is 78.9 Å². The Hall–Kier alpha value is -3.43. The van der Waals surface area contributed by atoms with Crippen LogP contribution >= 0.6 is 0 Å². The first kappa shape index (κ1) is 15.8. The molecule has 27 heavy (non-hydrogen) atoms. The Bertz CT molecular complexity index is 1260. The summed E-state index contributed by atoms with van der Waals surface area (Å²) in [5.74, 6) is -0.288. The quantitative estimate of drug-likeness (QED) is 0.355. The molecule has 1 amide bonds. The van der Waals surface area contributed by atoms with E-state index in [9.17, 15) is 9.90 Å². The zero-order valence-electron chi connectivity index (χ0n) is 14.5. The number of amides is 1. The summed E-state index contributed by atoms with van der Waals surface area (Å²) in [5, 5.41) is 19.7. The van der Waals surface area contributed by atoms with Gasteiger partial charge in [0.25, 0.3) is 5.91 Å². The lowest BCUT2D eigenvalue weighted by Gasteiger charge is -2.16. The highest BCUT2D eigenvalue weighted by Crippen LogP contribution is 2.35. The summed E-state index contributed by atoms with van der Waals surface area (Å²) in [4.78, 5) is 12.9. The van der Waals surface area contributed by atoms with Crippen LogP contribution in [0.15, 0.2) is 84.9 Å². The third-order valence-corrected chi connectivity index (χ3v) is 5.16. The number of carbonyl (C=O) groups is 1. The molecule has 130 valence electrons. The monoisotopic (exact) mass is 351 g/mol. The summed E-state index contributed by atoms with van der Waals surface area (Å²) in [5.41, 5.74) is 1.22. The van der Waals surface area contributed by atoms with Crippen LogP contribution in [0.4, 0.5) is 0 Å². The molecular formula is C24H17NO2. The normalized spacial score (nSPS) is 12.6. The molecule has 5 aromatic rings. The molecule has 2 N–H and O–H groups in total. The third kappa shape index (κ3) is 2.52. The van der Waals surface area contributed by atoms with Crippen molar-refractivity contribution in [1.82, 2.24) is 5.32 Å². The maximum absolute atomic E-state index is 12.9. The van der Waals surface area contributed by atoms with E-state index in [1.165, 1.54) is 5.39 Å². The molecule has 5 aromatic carbocycles. The zero-order valence-corrected chi connectivity index (χ0v) is 14.5. The number of hydrogen-bond acceptors (Lipinski definition) is 2. The molecule has 0 aromatic heterocycles. The van der Waals surface area contributed by atoms with E-state index >= 15 is 0 Å². The van der Waals surface area contributed by atoms with E-state index in [2.05, 4.69) is 35.6 Å². The summed E-state index contributed by atoms with van der Waals surface area (Å²) in [6.07, 6.45) is -1.04. The van der Waals surface area contributed by atoms with Crippen LogP contribution < -0.4 is 5.32 Å². The SMILES string of the molecule is O=C(NC(O)c1ccccc1)c1ccc2ccc3cccc4ccc1c2c34. The molecule has 0 bridgehead atoms. The third-order valence-electron chi connectivity index (χ3n) is 5.16. The van der Waals surface area contributed by atoms with Crippen LogP contribution in [0.1, 0.15) is 22.1 Å². The predicted molar refractivity (Wildman–Crippen MR) is 109 cm³/mol. The van der Waals surface area contributed by atoms with Crippen LogP contribution in [-0.2, 0) is 0 Å². The van der Waals surface area contributed by atoms with Gasteiger partial charge in [0.2, 0.25) is 0 Å². The largest absolute Gasteiger partial charge is 0.369 e. The smallest absolute Gasteiger partial charge is 0.254 e. The Kier molecular flexibility index (Phi) is 3.56. The van der Waals surface area contributed by atoms with Crippen LogP contribution in [0, 0.1) is 0 Å². The first-order valence-electron chi connectivity index (χ1n) is 8.93. The fourth-order valence-corrected chi connectivity index (χ4v) is 3.85. The molecule has 1 atom stereocenters. The van der Waals surface area contributed by atoms with Crippen molar-refractivity contribution in [2.24, 2.45) is 0 Å². The predicted octanol–water partition coefficient (Wildman–Crippen LogP) is 5.00. The Labute approximate surface area is 156 Å². The maximum atomic E-state index is 12.9. The molecule has 0 fully saturated rings. The highest BCUT2D eigenvalue weighted by Gasteiger charge is 2.17. The van der Waals surface area contributed by atoms with Crippen LogP contribution in [0.25, 0.3) is 32.3 Å². The van der Waals surface area contributed by atoms with Crippen molar-refractivity contribution >= 4 is 38.2 Å². The highest BCUT2D eigenvalue weighted by molar-refractivity contribution is 6.26. The molecule has 1 unspecified atom stereocenters. The minimum atomic E-state index is -1.04. The molecule has 0 spiro atoms. The van der Waals surface area contributed by atoms with E-state index in [0.717, 1.165) is 26.9 Å². The number of hydrogen-bond donors (Lipinski definition) is 2. The molecule has 3 heteroatoms. The first-order chi connectivity index (χ1) is 13.2. The van der Waals surface area contributed by atoms with Gasteiger partial charge >= 0.3 is 0 Å². The molecule has 0 saturated carbocycles. The van der Waals surface area contributed by atoms with Crippen molar-refractivity contribution < 1.29 is 9.90 Å². The number of benzene rings is 5. The van der Waals surface area contributed by atoms with Crippen molar-refractivity contribution in [3.63, 3.8) is 0 Å². The van der Waals surface area contributed by atoms with Crippen LogP contribution in [-0.4, -0.2) is 11.0 Å².